The second-order valence-electron chi connectivity index (χ2n) is 12.6. The minimum Gasteiger partial charge on any atom is -0.339 e. The predicted octanol–water partition coefficient (Wildman–Crippen LogP) is 6.18. The fourth-order valence-corrected chi connectivity index (χ4v) is 6.74. The maximum absolute atomic E-state index is 13.9. The van der Waals surface area contributed by atoms with Crippen molar-refractivity contribution in [1.82, 2.24) is 33.9 Å². The number of aromatic nitrogens is 5. The summed E-state index contributed by atoms with van der Waals surface area (Å²) >= 11 is 0. The van der Waals surface area contributed by atoms with E-state index in [0.717, 1.165) is 36.8 Å². The average molecular weight is 636 g/mol. The monoisotopic (exact) mass is 635 g/mol. The van der Waals surface area contributed by atoms with Crippen LogP contribution in [0.1, 0.15) is 84.7 Å². The van der Waals surface area contributed by atoms with Gasteiger partial charge in [-0.05, 0) is 49.3 Å². The van der Waals surface area contributed by atoms with Crippen LogP contribution in [-0.2, 0) is 23.9 Å². The Kier molecular flexibility index (Phi) is 9.15. The molecule has 46 heavy (non-hydrogen) atoms. The highest BCUT2D eigenvalue weighted by atomic mass is 19.4. The zero-order valence-electron chi connectivity index (χ0n) is 26.4. The molecule has 1 saturated heterocycles. The lowest BCUT2D eigenvalue weighted by molar-refractivity contribution is -0.141. The Morgan fingerprint density at radius 1 is 1.02 bits per heavy atom. The summed E-state index contributed by atoms with van der Waals surface area (Å²) in [4.78, 5) is 38.9. The maximum atomic E-state index is 13.9. The number of hydrogen-bond acceptors (Lipinski definition) is 5. The van der Waals surface area contributed by atoms with Crippen LogP contribution in [0.5, 0.6) is 0 Å². The van der Waals surface area contributed by atoms with Gasteiger partial charge in [0, 0.05) is 69.7 Å². The van der Waals surface area contributed by atoms with Crippen LogP contribution in [0, 0.1) is 12.8 Å². The normalized spacial score (nSPS) is 16.1. The second kappa shape index (κ2) is 13.3. The molecule has 2 amide bonds. The maximum Gasteiger partial charge on any atom is 0.435 e. The Hall–Kier alpha value is -4.22. The molecule has 6 rings (SSSR count). The summed E-state index contributed by atoms with van der Waals surface area (Å²) in [6, 6.07) is 5.65. The molecule has 3 aromatic heterocycles. The summed E-state index contributed by atoms with van der Waals surface area (Å²) in [5.74, 6) is 0.661. The van der Waals surface area contributed by atoms with Gasteiger partial charge in [-0.25, -0.2) is 4.98 Å². The number of carbonyl (C=O) groups is 2. The van der Waals surface area contributed by atoms with Crippen molar-refractivity contribution in [3.8, 4) is 11.3 Å². The molecular weight excluding hydrogens is 595 g/mol. The highest BCUT2D eigenvalue weighted by Crippen LogP contribution is 2.36. The van der Waals surface area contributed by atoms with E-state index in [0.29, 0.717) is 74.1 Å². The lowest BCUT2D eigenvalue weighted by Crippen LogP contribution is -2.50. The molecule has 1 aliphatic heterocycles. The molecule has 0 spiro atoms. The average Bonchev–Trinajstić information content (AvgIpc) is 3.80. The summed E-state index contributed by atoms with van der Waals surface area (Å²) < 4.78 is 44.8. The third kappa shape index (κ3) is 6.66. The summed E-state index contributed by atoms with van der Waals surface area (Å²) in [5.41, 5.74) is 2.76. The van der Waals surface area contributed by atoms with E-state index in [4.69, 9.17) is 0 Å². The van der Waals surface area contributed by atoms with Gasteiger partial charge in [-0.1, -0.05) is 38.3 Å². The lowest BCUT2D eigenvalue weighted by atomic mass is 10.0. The largest absolute Gasteiger partial charge is 0.435 e. The summed E-state index contributed by atoms with van der Waals surface area (Å²) in [6.45, 7) is 6.41. The van der Waals surface area contributed by atoms with Gasteiger partial charge in [-0.15, -0.1) is 0 Å². The van der Waals surface area contributed by atoms with E-state index in [2.05, 4.69) is 15.1 Å². The first kappa shape index (κ1) is 31.7. The molecule has 9 nitrogen and oxygen atoms in total. The number of piperazine rings is 1. The van der Waals surface area contributed by atoms with Gasteiger partial charge in [-0.3, -0.25) is 23.7 Å². The summed E-state index contributed by atoms with van der Waals surface area (Å²) in [6.07, 6.45) is 8.73. The van der Waals surface area contributed by atoms with Crippen molar-refractivity contribution < 1.29 is 22.8 Å². The van der Waals surface area contributed by atoms with Gasteiger partial charge in [0.05, 0.1) is 23.1 Å². The van der Waals surface area contributed by atoms with Crippen LogP contribution in [-0.4, -0.2) is 71.9 Å². The van der Waals surface area contributed by atoms with Crippen LogP contribution in [0.25, 0.3) is 16.9 Å². The van der Waals surface area contributed by atoms with E-state index in [-0.39, 0.29) is 17.4 Å². The first-order valence-electron chi connectivity index (χ1n) is 16.2. The molecule has 1 aliphatic carbocycles. The Morgan fingerprint density at radius 3 is 2.46 bits per heavy atom. The van der Waals surface area contributed by atoms with Crippen molar-refractivity contribution in [2.24, 2.45) is 5.92 Å². The zero-order chi connectivity index (χ0) is 32.4. The quantitative estimate of drug-likeness (QED) is 0.219. The third-order valence-corrected chi connectivity index (χ3v) is 9.30. The zero-order valence-corrected chi connectivity index (χ0v) is 26.4. The van der Waals surface area contributed by atoms with Gasteiger partial charge < -0.3 is 9.80 Å². The van der Waals surface area contributed by atoms with E-state index < -0.39 is 11.9 Å². The molecule has 2 fully saturated rings. The standard InChI is InChI=1S/C34H40F3N7O2/c1-3-4-12-43-22-27(31(40-43)34(35,36)37)29-21-39-32-28(38-11-13-44(29)32)19-25-9-10-26(23(2)18-25)33(46)42-16-14-41(15-17-42)30(45)20-24-7-5-6-8-24/h9-11,13,18,21-22,24H,3-8,12,14-17,19-20H2,1-2H3. The fraction of sp³-hybridized carbons (Fsp3) is 0.500. The molecule has 244 valence electrons. The Bertz CT molecular complexity index is 1710. The van der Waals surface area contributed by atoms with E-state index in [1.54, 1.807) is 16.8 Å². The molecule has 0 N–H and O–H groups in total. The Balaban J connectivity index is 1.15. The number of hydrogen-bond donors (Lipinski definition) is 0. The second-order valence-corrected chi connectivity index (χ2v) is 12.6. The molecule has 1 saturated carbocycles. The van der Waals surface area contributed by atoms with Crippen molar-refractivity contribution in [2.45, 2.75) is 77.9 Å². The van der Waals surface area contributed by atoms with Crippen LogP contribution in [0.15, 0.2) is 43.0 Å². The number of carbonyl (C=O) groups excluding carboxylic acids is 2. The Labute approximate surface area is 266 Å². The molecule has 0 radical (unpaired) electrons. The number of alkyl halides is 3. The molecule has 0 unspecified atom stereocenters. The van der Waals surface area contributed by atoms with E-state index >= 15 is 0 Å². The summed E-state index contributed by atoms with van der Waals surface area (Å²) in [7, 11) is 0. The SMILES string of the molecule is CCCCn1cc(-c2cnc3c(Cc4ccc(C(=O)N5CCN(C(=O)CC6CCCC6)CC5)c(C)c4)nccn23)c(C(F)(F)F)n1. The van der Waals surface area contributed by atoms with Gasteiger partial charge >= 0.3 is 6.18 Å². The van der Waals surface area contributed by atoms with Gasteiger partial charge in [0.15, 0.2) is 11.3 Å². The number of fused-ring (bicyclic) bond motifs is 1. The fourth-order valence-electron chi connectivity index (χ4n) is 6.74. The number of rotatable bonds is 9. The van der Waals surface area contributed by atoms with Gasteiger partial charge in [0.1, 0.15) is 0 Å². The minimum atomic E-state index is -4.61. The van der Waals surface area contributed by atoms with E-state index in [1.165, 1.54) is 29.9 Å². The van der Waals surface area contributed by atoms with Crippen molar-refractivity contribution in [3.63, 3.8) is 0 Å². The number of amides is 2. The molecule has 4 heterocycles. The van der Waals surface area contributed by atoms with E-state index in [1.807, 2.05) is 41.8 Å². The highest BCUT2D eigenvalue weighted by molar-refractivity contribution is 5.96. The topological polar surface area (TPSA) is 88.6 Å². The molecule has 0 atom stereocenters. The summed E-state index contributed by atoms with van der Waals surface area (Å²) in [5, 5.41) is 3.85. The first-order valence-corrected chi connectivity index (χ1v) is 16.2. The number of benzene rings is 1. The third-order valence-electron chi connectivity index (χ3n) is 9.30. The number of unbranched alkanes of at least 4 members (excludes halogenated alkanes) is 1. The smallest absolute Gasteiger partial charge is 0.339 e. The van der Waals surface area contributed by atoms with Crippen LogP contribution in [0.2, 0.25) is 0 Å². The van der Waals surface area contributed by atoms with Gasteiger partial charge in [0.25, 0.3) is 5.91 Å². The number of aryl methyl sites for hydroxylation is 2. The lowest BCUT2D eigenvalue weighted by Gasteiger charge is -2.35. The van der Waals surface area contributed by atoms with Crippen molar-refractivity contribution in [1.29, 1.82) is 0 Å². The van der Waals surface area contributed by atoms with Crippen LogP contribution in [0.3, 0.4) is 0 Å². The van der Waals surface area contributed by atoms with Crippen LogP contribution < -0.4 is 0 Å². The molecule has 0 bridgehead atoms. The molecular formula is C34H40F3N7O2. The molecule has 2 aliphatic rings. The number of imidazole rings is 1. The van der Waals surface area contributed by atoms with Crippen molar-refractivity contribution >= 4 is 17.5 Å². The van der Waals surface area contributed by atoms with Gasteiger partial charge in [-0.2, -0.15) is 18.3 Å². The minimum absolute atomic E-state index is 0.0222. The highest BCUT2D eigenvalue weighted by Gasteiger charge is 2.38. The predicted molar refractivity (Wildman–Crippen MR) is 167 cm³/mol. The van der Waals surface area contributed by atoms with E-state index in [9.17, 15) is 22.8 Å². The van der Waals surface area contributed by atoms with Gasteiger partial charge in [0.2, 0.25) is 5.91 Å². The molecule has 1 aromatic carbocycles. The molecule has 4 aromatic rings. The van der Waals surface area contributed by atoms with Crippen LogP contribution in [0.4, 0.5) is 13.2 Å². The number of nitrogens with zero attached hydrogens (tertiary/aromatic N) is 7. The first-order chi connectivity index (χ1) is 22.1. The van der Waals surface area contributed by atoms with Crippen LogP contribution >= 0.6 is 0 Å². The van der Waals surface area contributed by atoms with Crippen molar-refractivity contribution in [2.75, 3.05) is 26.2 Å². The Morgan fingerprint density at radius 2 is 1.76 bits per heavy atom. The number of halogens is 3. The molecule has 12 heteroatoms. The van der Waals surface area contributed by atoms with Crippen molar-refractivity contribution in [3.05, 3.63) is 71.1 Å².